The van der Waals surface area contributed by atoms with E-state index >= 15 is 0 Å². The fraction of sp³-hybridized carbons (Fsp3) is 0.600. The van der Waals surface area contributed by atoms with Crippen LogP contribution in [-0.4, -0.2) is 0 Å². The van der Waals surface area contributed by atoms with Gasteiger partial charge in [-0.2, -0.15) is 0 Å². The number of benzene rings is 1. The van der Waals surface area contributed by atoms with Crippen molar-refractivity contribution in [2.24, 2.45) is 17.6 Å². The van der Waals surface area contributed by atoms with Crippen LogP contribution in [0.3, 0.4) is 0 Å². The summed E-state index contributed by atoms with van der Waals surface area (Å²) in [7, 11) is 0. The van der Waals surface area contributed by atoms with Crippen LogP contribution < -0.4 is 5.73 Å². The summed E-state index contributed by atoms with van der Waals surface area (Å²) >= 11 is 0. The molecule has 2 rings (SSSR count). The Kier molecular flexibility index (Phi) is 4.00. The standard InChI is InChI=1S/C15H23N/c1-2-12-8-10-14(11-9-12)15(16)13-6-4-3-5-7-13/h3-7,12,14-15H,2,8-11,16H2,1H3. The number of hydrogen-bond acceptors (Lipinski definition) is 1. The highest BCUT2D eigenvalue weighted by Crippen LogP contribution is 2.36. The van der Waals surface area contributed by atoms with Crippen molar-refractivity contribution in [3.63, 3.8) is 0 Å². The molecule has 0 heterocycles. The van der Waals surface area contributed by atoms with E-state index in [1.165, 1.54) is 37.7 Å². The van der Waals surface area contributed by atoms with Gasteiger partial charge in [0.05, 0.1) is 0 Å². The highest BCUT2D eigenvalue weighted by molar-refractivity contribution is 5.19. The van der Waals surface area contributed by atoms with Crippen LogP contribution in [0.2, 0.25) is 0 Å². The zero-order chi connectivity index (χ0) is 11.4. The molecule has 0 aromatic heterocycles. The van der Waals surface area contributed by atoms with Gasteiger partial charge in [0.1, 0.15) is 0 Å². The second kappa shape index (κ2) is 5.49. The molecule has 0 amide bonds. The van der Waals surface area contributed by atoms with E-state index in [2.05, 4.69) is 37.3 Å². The van der Waals surface area contributed by atoms with Crippen LogP contribution in [0.5, 0.6) is 0 Å². The third-order valence-corrected chi connectivity index (χ3v) is 4.16. The minimum absolute atomic E-state index is 0.249. The molecule has 1 saturated carbocycles. The lowest BCUT2D eigenvalue weighted by molar-refractivity contribution is 0.240. The number of hydrogen-bond donors (Lipinski definition) is 1. The zero-order valence-electron chi connectivity index (χ0n) is 10.2. The predicted molar refractivity (Wildman–Crippen MR) is 69.1 cm³/mol. The maximum Gasteiger partial charge on any atom is 0.0323 e. The first-order valence-corrected chi connectivity index (χ1v) is 6.61. The summed E-state index contributed by atoms with van der Waals surface area (Å²) in [4.78, 5) is 0. The first-order chi connectivity index (χ1) is 7.81. The molecule has 0 aliphatic heterocycles. The maximum atomic E-state index is 6.36. The lowest BCUT2D eigenvalue weighted by Gasteiger charge is -2.31. The lowest BCUT2D eigenvalue weighted by atomic mass is 9.76. The Hall–Kier alpha value is -0.820. The molecule has 1 unspecified atom stereocenters. The van der Waals surface area contributed by atoms with Gasteiger partial charge in [-0.25, -0.2) is 0 Å². The molecule has 1 fully saturated rings. The highest BCUT2D eigenvalue weighted by Gasteiger charge is 2.25. The van der Waals surface area contributed by atoms with Crippen LogP contribution in [0, 0.1) is 11.8 Å². The van der Waals surface area contributed by atoms with Gasteiger partial charge in [-0.15, -0.1) is 0 Å². The van der Waals surface area contributed by atoms with Gasteiger partial charge in [-0.05, 0) is 30.2 Å². The van der Waals surface area contributed by atoms with Gasteiger partial charge in [-0.1, -0.05) is 56.5 Å². The van der Waals surface area contributed by atoms with Crippen LogP contribution in [0.25, 0.3) is 0 Å². The van der Waals surface area contributed by atoms with Gasteiger partial charge in [0.15, 0.2) is 0 Å². The van der Waals surface area contributed by atoms with Crippen molar-refractivity contribution in [3.8, 4) is 0 Å². The van der Waals surface area contributed by atoms with E-state index in [1.807, 2.05) is 0 Å². The van der Waals surface area contributed by atoms with E-state index in [0.717, 1.165) is 5.92 Å². The summed E-state index contributed by atoms with van der Waals surface area (Å²) in [5, 5.41) is 0. The fourth-order valence-electron chi connectivity index (χ4n) is 2.90. The molecule has 2 N–H and O–H groups in total. The molecule has 1 atom stereocenters. The average Bonchev–Trinajstić information content (AvgIpc) is 2.39. The normalized spacial score (nSPS) is 27.6. The summed E-state index contributed by atoms with van der Waals surface area (Å²) in [5.41, 5.74) is 7.66. The van der Waals surface area contributed by atoms with Crippen molar-refractivity contribution >= 4 is 0 Å². The van der Waals surface area contributed by atoms with E-state index in [1.54, 1.807) is 0 Å². The number of rotatable bonds is 3. The second-order valence-corrected chi connectivity index (χ2v) is 5.13. The molecule has 1 aromatic rings. The average molecular weight is 217 g/mol. The summed E-state index contributed by atoms with van der Waals surface area (Å²) in [6.45, 7) is 2.31. The Balaban J connectivity index is 1.94. The second-order valence-electron chi connectivity index (χ2n) is 5.13. The summed E-state index contributed by atoms with van der Waals surface area (Å²) in [6, 6.07) is 10.8. The van der Waals surface area contributed by atoms with Gasteiger partial charge in [-0.3, -0.25) is 0 Å². The van der Waals surface area contributed by atoms with Crippen LogP contribution in [0.1, 0.15) is 50.6 Å². The molecular weight excluding hydrogens is 194 g/mol. The Morgan fingerprint density at radius 1 is 1.12 bits per heavy atom. The minimum Gasteiger partial charge on any atom is -0.324 e. The van der Waals surface area contributed by atoms with Crippen molar-refractivity contribution in [1.29, 1.82) is 0 Å². The largest absolute Gasteiger partial charge is 0.324 e. The molecule has 1 aromatic carbocycles. The third kappa shape index (κ3) is 2.65. The molecule has 0 spiro atoms. The molecular formula is C15H23N. The molecule has 1 aliphatic carbocycles. The van der Waals surface area contributed by atoms with E-state index in [0.29, 0.717) is 5.92 Å². The van der Waals surface area contributed by atoms with Gasteiger partial charge >= 0.3 is 0 Å². The van der Waals surface area contributed by atoms with E-state index < -0.39 is 0 Å². The smallest absolute Gasteiger partial charge is 0.0323 e. The van der Waals surface area contributed by atoms with Crippen LogP contribution in [0.15, 0.2) is 30.3 Å². The van der Waals surface area contributed by atoms with Gasteiger partial charge in [0, 0.05) is 6.04 Å². The quantitative estimate of drug-likeness (QED) is 0.816. The van der Waals surface area contributed by atoms with Crippen molar-refractivity contribution in [1.82, 2.24) is 0 Å². The molecule has 0 bridgehead atoms. The summed E-state index contributed by atoms with van der Waals surface area (Å²) < 4.78 is 0. The van der Waals surface area contributed by atoms with Gasteiger partial charge in [0.25, 0.3) is 0 Å². The molecule has 0 saturated heterocycles. The third-order valence-electron chi connectivity index (χ3n) is 4.16. The maximum absolute atomic E-state index is 6.36. The molecule has 88 valence electrons. The van der Waals surface area contributed by atoms with E-state index in [-0.39, 0.29) is 6.04 Å². The molecule has 0 radical (unpaired) electrons. The van der Waals surface area contributed by atoms with Crippen LogP contribution in [0.4, 0.5) is 0 Å². The zero-order valence-corrected chi connectivity index (χ0v) is 10.2. The van der Waals surface area contributed by atoms with Crippen LogP contribution >= 0.6 is 0 Å². The first-order valence-electron chi connectivity index (χ1n) is 6.61. The van der Waals surface area contributed by atoms with Crippen molar-refractivity contribution in [3.05, 3.63) is 35.9 Å². The van der Waals surface area contributed by atoms with E-state index in [4.69, 9.17) is 5.73 Å². The molecule has 1 aliphatic rings. The Morgan fingerprint density at radius 3 is 2.31 bits per heavy atom. The Labute approximate surface area is 99.0 Å². The monoisotopic (exact) mass is 217 g/mol. The van der Waals surface area contributed by atoms with Crippen molar-refractivity contribution in [2.45, 2.75) is 45.1 Å². The van der Waals surface area contributed by atoms with Gasteiger partial charge in [0.2, 0.25) is 0 Å². The summed E-state index contributed by atoms with van der Waals surface area (Å²) in [5.74, 6) is 1.66. The minimum atomic E-state index is 0.249. The lowest BCUT2D eigenvalue weighted by Crippen LogP contribution is -2.25. The SMILES string of the molecule is CCC1CCC(C(N)c2ccccc2)CC1. The molecule has 16 heavy (non-hydrogen) atoms. The Morgan fingerprint density at radius 2 is 1.75 bits per heavy atom. The van der Waals surface area contributed by atoms with Gasteiger partial charge < -0.3 is 5.73 Å². The predicted octanol–water partition coefficient (Wildman–Crippen LogP) is 3.90. The topological polar surface area (TPSA) is 26.0 Å². The van der Waals surface area contributed by atoms with Crippen molar-refractivity contribution in [2.75, 3.05) is 0 Å². The molecule has 1 heteroatoms. The van der Waals surface area contributed by atoms with Crippen molar-refractivity contribution < 1.29 is 0 Å². The first kappa shape index (κ1) is 11.7. The molecule has 1 nitrogen and oxygen atoms in total. The fourth-order valence-corrected chi connectivity index (χ4v) is 2.90. The van der Waals surface area contributed by atoms with E-state index in [9.17, 15) is 0 Å². The summed E-state index contributed by atoms with van der Waals surface area (Å²) in [6.07, 6.45) is 6.72. The van der Waals surface area contributed by atoms with Crippen LogP contribution in [-0.2, 0) is 0 Å². The highest BCUT2D eigenvalue weighted by atomic mass is 14.7. The Bertz CT molecular complexity index is 298. The number of nitrogens with two attached hydrogens (primary N) is 1.